The molecule has 2 aromatic rings. The monoisotopic (exact) mass is 238 g/mol. The lowest BCUT2D eigenvalue weighted by Crippen LogP contribution is -1.89. The molecule has 2 rings (SSSR count). The van der Waals surface area contributed by atoms with Crippen LogP contribution in [-0.2, 0) is 0 Å². The lowest BCUT2D eigenvalue weighted by Gasteiger charge is -2.09. The van der Waals surface area contributed by atoms with Crippen molar-refractivity contribution in [3.05, 3.63) is 71.3 Å². The SMILES string of the molecule is C/C=C(\c1ccc(C)cc1)c1ccc(OC)cc1. The highest BCUT2D eigenvalue weighted by Gasteiger charge is 2.03. The fourth-order valence-electron chi connectivity index (χ4n) is 2.00. The Labute approximate surface area is 109 Å². The quantitative estimate of drug-likeness (QED) is 0.767. The third-order valence-electron chi connectivity index (χ3n) is 3.05. The Kier molecular flexibility index (Phi) is 3.83. The van der Waals surface area contributed by atoms with Crippen molar-refractivity contribution in [3.8, 4) is 5.75 Å². The molecule has 18 heavy (non-hydrogen) atoms. The fourth-order valence-corrected chi connectivity index (χ4v) is 2.00. The van der Waals surface area contributed by atoms with Gasteiger partial charge in [-0.25, -0.2) is 0 Å². The summed E-state index contributed by atoms with van der Waals surface area (Å²) in [6.07, 6.45) is 2.15. The molecule has 0 saturated heterocycles. The average molecular weight is 238 g/mol. The number of allylic oxidation sites excluding steroid dienone is 1. The standard InChI is InChI=1S/C17H18O/c1-4-17(14-7-5-13(2)6-8-14)15-9-11-16(18-3)12-10-15/h4-12H,1-3H3/b17-4+. The van der Waals surface area contributed by atoms with Crippen LogP contribution in [0.1, 0.15) is 23.6 Å². The predicted octanol–water partition coefficient (Wildman–Crippen LogP) is 4.46. The van der Waals surface area contributed by atoms with Crippen LogP contribution in [0, 0.1) is 6.92 Å². The molecule has 0 aliphatic rings. The molecule has 0 amide bonds. The van der Waals surface area contributed by atoms with Crippen molar-refractivity contribution in [2.45, 2.75) is 13.8 Å². The highest BCUT2D eigenvalue weighted by molar-refractivity contribution is 5.79. The summed E-state index contributed by atoms with van der Waals surface area (Å²) in [6, 6.07) is 16.8. The van der Waals surface area contributed by atoms with Gasteiger partial charge in [0.15, 0.2) is 0 Å². The van der Waals surface area contributed by atoms with Crippen LogP contribution >= 0.6 is 0 Å². The van der Waals surface area contributed by atoms with E-state index in [1.54, 1.807) is 7.11 Å². The Morgan fingerprint density at radius 3 is 1.83 bits per heavy atom. The van der Waals surface area contributed by atoms with E-state index >= 15 is 0 Å². The first-order chi connectivity index (χ1) is 8.74. The van der Waals surface area contributed by atoms with Gasteiger partial charge in [0.05, 0.1) is 7.11 Å². The van der Waals surface area contributed by atoms with Gasteiger partial charge in [-0.3, -0.25) is 0 Å². The minimum absolute atomic E-state index is 0.887. The van der Waals surface area contributed by atoms with Crippen LogP contribution in [0.4, 0.5) is 0 Å². The number of benzene rings is 2. The molecule has 0 N–H and O–H groups in total. The Balaban J connectivity index is 2.36. The Morgan fingerprint density at radius 1 is 0.889 bits per heavy atom. The first kappa shape index (κ1) is 12.4. The first-order valence-corrected chi connectivity index (χ1v) is 6.12. The molecule has 0 radical (unpaired) electrons. The van der Waals surface area contributed by atoms with Gasteiger partial charge in [-0.05, 0) is 42.7 Å². The highest BCUT2D eigenvalue weighted by atomic mass is 16.5. The lowest BCUT2D eigenvalue weighted by molar-refractivity contribution is 0.415. The highest BCUT2D eigenvalue weighted by Crippen LogP contribution is 2.25. The molecule has 2 aromatic carbocycles. The molecule has 0 saturated carbocycles. The van der Waals surface area contributed by atoms with Crippen molar-refractivity contribution in [1.82, 2.24) is 0 Å². The smallest absolute Gasteiger partial charge is 0.118 e. The maximum atomic E-state index is 5.18. The molecule has 0 aliphatic heterocycles. The third-order valence-corrected chi connectivity index (χ3v) is 3.05. The molecule has 1 heteroatoms. The molecule has 1 nitrogen and oxygen atoms in total. The molecular weight excluding hydrogens is 220 g/mol. The number of hydrogen-bond donors (Lipinski definition) is 0. The summed E-state index contributed by atoms with van der Waals surface area (Å²) in [7, 11) is 1.69. The second kappa shape index (κ2) is 5.54. The van der Waals surface area contributed by atoms with Gasteiger partial charge in [0.2, 0.25) is 0 Å². The van der Waals surface area contributed by atoms with Gasteiger partial charge in [0.25, 0.3) is 0 Å². The molecule has 0 atom stereocenters. The van der Waals surface area contributed by atoms with E-state index in [1.165, 1.54) is 22.3 Å². The summed E-state index contributed by atoms with van der Waals surface area (Å²) in [5.74, 6) is 0.887. The van der Waals surface area contributed by atoms with Crippen molar-refractivity contribution < 1.29 is 4.74 Å². The Bertz CT molecular complexity index is 533. The van der Waals surface area contributed by atoms with E-state index in [9.17, 15) is 0 Å². The summed E-state index contributed by atoms with van der Waals surface area (Å²) in [4.78, 5) is 0. The molecule has 0 aromatic heterocycles. The zero-order valence-electron chi connectivity index (χ0n) is 11.1. The van der Waals surface area contributed by atoms with Crippen LogP contribution in [-0.4, -0.2) is 7.11 Å². The normalized spacial score (nSPS) is 11.4. The van der Waals surface area contributed by atoms with Crippen molar-refractivity contribution in [2.75, 3.05) is 7.11 Å². The molecule has 0 bridgehead atoms. The number of rotatable bonds is 3. The minimum Gasteiger partial charge on any atom is -0.497 e. The summed E-state index contributed by atoms with van der Waals surface area (Å²) >= 11 is 0. The molecule has 0 aliphatic carbocycles. The van der Waals surface area contributed by atoms with E-state index in [4.69, 9.17) is 4.74 Å². The molecule has 0 unspecified atom stereocenters. The van der Waals surface area contributed by atoms with E-state index < -0.39 is 0 Å². The summed E-state index contributed by atoms with van der Waals surface area (Å²) in [5, 5.41) is 0. The largest absolute Gasteiger partial charge is 0.497 e. The second-order valence-electron chi connectivity index (χ2n) is 4.30. The summed E-state index contributed by atoms with van der Waals surface area (Å²) in [6.45, 7) is 4.17. The number of ether oxygens (including phenoxy) is 1. The topological polar surface area (TPSA) is 9.23 Å². The van der Waals surface area contributed by atoms with Crippen LogP contribution in [0.3, 0.4) is 0 Å². The van der Waals surface area contributed by atoms with Crippen LogP contribution in [0.15, 0.2) is 54.6 Å². The molecule has 0 fully saturated rings. The summed E-state index contributed by atoms with van der Waals surface area (Å²) in [5.41, 5.74) is 4.98. The van der Waals surface area contributed by atoms with Gasteiger partial charge in [-0.2, -0.15) is 0 Å². The van der Waals surface area contributed by atoms with Crippen molar-refractivity contribution >= 4 is 5.57 Å². The van der Waals surface area contributed by atoms with Crippen molar-refractivity contribution in [1.29, 1.82) is 0 Å². The van der Waals surface area contributed by atoms with E-state index in [2.05, 4.69) is 56.3 Å². The second-order valence-corrected chi connectivity index (χ2v) is 4.30. The number of methoxy groups -OCH3 is 1. The molecular formula is C17H18O. The maximum absolute atomic E-state index is 5.18. The third kappa shape index (κ3) is 2.62. The lowest BCUT2D eigenvalue weighted by atomic mass is 9.97. The van der Waals surface area contributed by atoms with E-state index in [0.29, 0.717) is 0 Å². The Morgan fingerprint density at radius 2 is 1.39 bits per heavy atom. The predicted molar refractivity (Wildman–Crippen MR) is 76.9 cm³/mol. The zero-order valence-corrected chi connectivity index (χ0v) is 11.1. The summed E-state index contributed by atoms with van der Waals surface area (Å²) < 4.78 is 5.18. The molecule has 0 spiro atoms. The van der Waals surface area contributed by atoms with Gasteiger partial charge in [0.1, 0.15) is 5.75 Å². The van der Waals surface area contributed by atoms with Gasteiger partial charge in [-0.15, -0.1) is 0 Å². The van der Waals surface area contributed by atoms with Crippen LogP contribution in [0.2, 0.25) is 0 Å². The maximum Gasteiger partial charge on any atom is 0.118 e. The van der Waals surface area contributed by atoms with E-state index in [1.807, 2.05) is 12.1 Å². The molecule has 92 valence electrons. The average Bonchev–Trinajstić information content (AvgIpc) is 2.42. The number of aryl methyl sites for hydroxylation is 1. The van der Waals surface area contributed by atoms with Crippen LogP contribution < -0.4 is 4.74 Å². The van der Waals surface area contributed by atoms with Gasteiger partial charge >= 0.3 is 0 Å². The van der Waals surface area contributed by atoms with Crippen LogP contribution in [0.25, 0.3) is 5.57 Å². The number of hydrogen-bond acceptors (Lipinski definition) is 1. The zero-order chi connectivity index (χ0) is 13.0. The van der Waals surface area contributed by atoms with Gasteiger partial charge in [0, 0.05) is 0 Å². The fraction of sp³-hybridized carbons (Fsp3) is 0.176. The van der Waals surface area contributed by atoms with Gasteiger partial charge in [-0.1, -0.05) is 48.0 Å². The van der Waals surface area contributed by atoms with Crippen molar-refractivity contribution in [3.63, 3.8) is 0 Å². The minimum atomic E-state index is 0.887. The molecule has 0 heterocycles. The van der Waals surface area contributed by atoms with Crippen LogP contribution in [0.5, 0.6) is 5.75 Å². The van der Waals surface area contributed by atoms with Crippen molar-refractivity contribution in [2.24, 2.45) is 0 Å². The van der Waals surface area contributed by atoms with E-state index in [-0.39, 0.29) is 0 Å². The first-order valence-electron chi connectivity index (χ1n) is 6.12. The Hall–Kier alpha value is -2.02. The van der Waals surface area contributed by atoms with E-state index in [0.717, 1.165) is 5.75 Å². The van der Waals surface area contributed by atoms with Gasteiger partial charge < -0.3 is 4.74 Å².